The summed E-state index contributed by atoms with van der Waals surface area (Å²) in [5.74, 6) is -0.953. The maximum atomic E-state index is 10.7. The van der Waals surface area contributed by atoms with Crippen molar-refractivity contribution in [3.8, 4) is 0 Å². The first-order valence-electron chi connectivity index (χ1n) is 3.53. The molecule has 0 aliphatic carbocycles. The summed E-state index contributed by atoms with van der Waals surface area (Å²) < 4.78 is 4.45. The average molecular weight is 211 g/mol. The number of carboxylic acid groups (broad SMARTS) is 1. The van der Waals surface area contributed by atoms with Gasteiger partial charge in [-0.15, -0.1) is 11.6 Å². The normalized spacial score (nSPS) is 11.8. The molecule has 0 aromatic carbocycles. The Morgan fingerprint density at radius 3 is 2.69 bits per heavy atom. The van der Waals surface area contributed by atoms with Crippen molar-refractivity contribution in [2.24, 2.45) is 5.73 Å². The van der Waals surface area contributed by atoms with Crippen LogP contribution < -0.4 is 11.1 Å². The fourth-order valence-electron chi connectivity index (χ4n) is 0.437. The number of alkyl halides is 1. The van der Waals surface area contributed by atoms with Crippen LogP contribution in [-0.4, -0.2) is 42.2 Å². The second-order valence-electron chi connectivity index (χ2n) is 2.16. The Hall–Kier alpha value is -1.01. The van der Waals surface area contributed by atoms with Crippen LogP contribution in [0.3, 0.4) is 0 Å². The topological polar surface area (TPSA) is 102 Å². The fourth-order valence-corrected chi connectivity index (χ4v) is 0.532. The van der Waals surface area contributed by atoms with Crippen LogP contribution in [0, 0.1) is 0 Å². The van der Waals surface area contributed by atoms with E-state index in [-0.39, 0.29) is 19.0 Å². The van der Waals surface area contributed by atoms with Crippen LogP contribution in [0.1, 0.15) is 0 Å². The van der Waals surface area contributed by atoms with Gasteiger partial charge in [0.05, 0.1) is 0 Å². The molecule has 0 aliphatic heterocycles. The van der Waals surface area contributed by atoms with Gasteiger partial charge >= 0.3 is 12.1 Å². The maximum absolute atomic E-state index is 10.7. The molecule has 0 radical (unpaired) electrons. The Bertz CT molecular complexity index is 187. The predicted octanol–water partition coefficient (Wildman–Crippen LogP) is -0.637. The van der Waals surface area contributed by atoms with Gasteiger partial charge in [-0.2, -0.15) is 0 Å². The minimum Gasteiger partial charge on any atom is -0.480 e. The van der Waals surface area contributed by atoms with E-state index >= 15 is 0 Å². The largest absolute Gasteiger partial charge is 0.480 e. The molecule has 0 bridgehead atoms. The molecular formula is C6H11ClN2O4. The zero-order valence-corrected chi connectivity index (χ0v) is 7.58. The Morgan fingerprint density at radius 1 is 1.62 bits per heavy atom. The van der Waals surface area contributed by atoms with Crippen molar-refractivity contribution in [3.63, 3.8) is 0 Å². The van der Waals surface area contributed by atoms with Crippen LogP contribution >= 0.6 is 11.6 Å². The van der Waals surface area contributed by atoms with E-state index < -0.39 is 18.1 Å². The smallest absolute Gasteiger partial charge is 0.407 e. The molecule has 1 atom stereocenters. The first kappa shape index (κ1) is 12.0. The molecule has 1 amide bonds. The highest BCUT2D eigenvalue weighted by Gasteiger charge is 2.13. The second-order valence-corrected chi connectivity index (χ2v) is 2.54. The average Bonchev–Trinajstić information content (AvgIpc) is 2.10. The molecule has 13 heavy (non-hydrogen) atoms. The number of halogens is 1. The Balaban J connectivity index is 3.52. The summed E-state index contributed by atoms with van der Waals surface area (Å²) in [6.07, 6.45) is -0.725. The lowest BCUT2D eigenvalue weighted by Gasteiger charge is -2.07. The van der Waals surface area contributed by atoms with Crippen molar-refractivity contribution in [3.05, 3.63) is 0 Å². The van der Waals surface area contributed by atoms with Gasteiger partial charge in [-0.05, 0) is 0 Å². The molecule has 76 valence electrons. The van der Waals surface area contributed by atoms with Crippen molar-refractivity contribution < 1.29 is 19.4 Å². The third-order valence-corrected chi connectivity index (χ3v) is 1.26. The summed E-state index contributed by atoms with van der Waals surface area (Å²) in [6.45, 7) is -0.0911. The molecule has 0 spiro atoms. The first-order chi connectivity index (χ1) is 6.07. The molecule has 0 unspecified atom stereocenters. The molecule has 0 aromatic rings. The molecule has 0 heterocycles. The number of amides is 1. The number of nitrogens with two attached hydrogens (primary N) is 1. The minimum absolute atomic E-state index is 0.264. The minimum atomic E-state index is -1.22. The number of nitrogens with one attached hydrogen (secondary N) is 1. The zero-order valence-electron chi connectivity index (χ0n) is 6.83. The van der Waals surface area contributed by atoms with Crippen molar-refractivity contribution in [2.75, 3.05) is 19.0 Å². The third-order valence-electron chi connectivity index (χ3n) is 1.08. The molecule has 0 aliphatic rings. The van der Waals surface area contributed by atoms with E-state index in [9.17, 15) is 9.59 Å². The molecule has 0 rings (SSSR count). The summed E-state index contributed by atoms with van der Waals surface area (Å²) in [6, 6.07) is -1.19. The highest BCUT2D eigenvalue weighted by molar-refractivity contribution is 6.18. The summed E-state index contributed by atoms with van der Waals surface area (Å²) in [5, 5.41) is 10.6. The van der Waals surface area contributed by atoms with E-state index in [1.165, 1.54) is 0 Å². The van der Waals surface area contributed by atoms with Crippen molar-refractivity contribution >= 4 is 23.7 Å². The summed E-state index contributed by atoms with van der Waals surface area (Å²) in [5.41, 5.74) is 5.06. The first-order valence-corrected chi connectivity index (χ1v) is 4.06. The van der Waals surface area contributed by atoms with Gasteiger partial charge in [-0.25, -0.2) is 4.79 Å². The highest BCUT2D eigenvalue weighted by atomic mass is 35.5. The summed E-state index contributed by atoms with van der Waals surface area (Å²) >= 11 is 5.27. The molecule has 0 aromatic heterocycles. The maximum Gasteiger partial charge on any atom is 0.407 e. The Morgan fingerprint density at radius 2 is 2.23 bits per heavy atom. The van der Waals surface area contributed by atoms with Gasteiger partial charge in [0, 0.05) is 12.4 Å². The van der Waals surface area contributed by atoms with Gasteiger partial charge in [0.25, 0.3) is 0 Å². The molecular weight excluding hydrogens is 200 g/mol. The monoisotopic (exact) mass is 210 g/mol. The molecule has 0 saturated carbocycles. The Kier molecular flexibility index (Phi) is 5.99. The zero-order chi connectivity index (χ0) is 10.3. The molecule has 7 heteroatoms. The lowest BCUT2D eigenvalue weighted by Crippen LogP contribution is -2.38. The standard InChI is InChI=1S/C6H11ClN2O4/c7-1-2-9-6(12)13-3-4(8)5(10)11/h4H,1-3,8H2,(H,9,12)(H,10,11)/t4-/m0/s1. The lowest BCUT2D eigenvalue weighted by molar-refractivity contribution is -0.139. The molecule has 0 fully saturated rings. The van der Waals surface area contributed by atoms with Gasteiger partial charge in [-0.3, -0.25) is 4.79 Å². The van der Waals surface area contributed by atoms with Crippen molar-refractivity contribution in [1.29, 1.82) is 0 Å². The van der Waals surface area contributed by atoms with Crippen LogP contribution in [0.2, 0.25) is 0 Å². The highest BCUT2D eigenvalue weighted by Crippen LogP contribution is 1.83. The predicted molar refractivity (Wildman–Crippen MR) is 45.7 cm³/mol. The van der Waals surface area contributed by atoms with Gasteiger partial charge in [0.1, 0.15) is 12.6 Å². The number of alkyl carbamates (subject to hydrolysis) is 1. The van der Waals surface area contributed by atoms with Crippen molar-refractivity contribution in [2.45, 2.75) is 6.04 Å². The van der Waals surface area contributed by atoms with Crippen LogP contribution in [0.25, 0.3) is 0 Å². The lowest BCUT2D eigenvalue weighted by atomic mass is 10.3. The second kappa shape index (κ2) is 6.50. The SMILES string of the molecule is N[C@@H](COC(=O)NCCCl)C(=O)O. The number of aliphatic carboxylic acids is 1. The molecule has 0 saturated heterocycles. The van der Waals surface area contributed by atoms with Gasteiger partial charge in [-0.1, -0.05) is 0 Å². The van der Waals surface area contributed by atoms with Crippen molar-refractivity contribution in [1.82, 2.24) is 5.32 Å². The Labute approximate surface area is 80.0 Å². The number of hydrogen-bond acceptors (Lipinski definition) is 4. The van der Waals surface area contributed by atoms with Gasteiger partial charge in [0.15, 0.2) is 0 Å². The molecule has 6 nitrogen and oxygen atoms in total. The fraction of sp³-hybridized carbons (Fsp3) is 0.667. The number of carbonyl (C=O) groups is 2. The number of ether oxygens (including phenoxy) is 1. The molecule has 4 N–H and O–H groups in total. The van der Waals surface area contributed by atoms with E-state index in [4.69, 9.17) is 22.4 Å². The van der Waals surface area contributed by atoms with Crippen LogP contribution in [0.15, 0.2) is 0 Å². The van der Waals surface area contributed by atoms with Crippen LogP contribution in [-0.2, 0) is 9.53 Å². The van der Waals surface area contributed by atoms with Gasteiger partial charge in [0.2, 0.25) is 0 Å². The number of carbonyl (C=O) groups excluding carboxylic acids is 1. The quantitative estimate of drug-likeness (QED) is 0.524. The van der Waals surface area contributed by atoms with Gasteiger partial charge < -0.3 is 20.9 Å². The third kappa shape index (κ3) is 6.18. The van der Waals surface area contributed by atoms with E-state index in [0.717, 1.165) is 0 Å². The van der Waals surface area contributed by atoms with Crippen LogP contribution in [0.4, 0.5) is 4.79 Å². The van der Waals surface area contributed by atoms with Crippen LogP contribution in [0.5, 0.6) is 0 Å². The number of rotatable bonds is 5. The summed E-state index contributed by atoms with van der Waals surface area (Å²) in [7, 11) is 0. The van der Waals surface area contributed by atoms with E-state index in [1.54, 1.807) is 0 Å². The summed E-state index contributed by atoms with van der Waals surface area (Å²) in [4.78, 5) is 20.9. The number of carboxylic acids is 1. The van der Waals surface area contributed by atoms with E-state index in [2.05, 4.69) is 10.1 Å². The number of hydrogen-bond donors (Lipinski definition) is 3. The van der Waals surface area contributed by atoms with E-state index in [1.807, 2.05) is 0 Å². The van der Waals surface area contributed by atoms with E-state index in [0.29, 0.717) is 0 Å².